The number of halogens is 6. The molecule has 2 N–H and O–H groups in total. The Hall–Kier alpha value is 1.11. The first kappa shape index (κ1) is 19.2. The molecule has 114 valence electrons. The highest BCUT2D eigenvalue weighted by Crippen LogP contribution is 2.63. The Kier molecular flexibility index (Phi) is 6.42. The van der Waals surface area contributed by atoms with Gasteiger partial charge in [0.2, 0.25) is 7.59 Å². The van der Waals surface area contributed by atoms with Crippen molar-refractivity contribution in [3.05, 3.63) is 30.3 Å². The third-order valence-corrected chi connectivity index (χ3v) is 7.96. The molecule has 0 saturated heterocycles. The van der Waals surface area contributed by atoms with Crippen LogP contribution in [0.15, 0.2) is 30.3 Å². The van der Waals surface area contributed by atoms with Gasteiger partial charge in [-0.3, -0.25) is 0 Å². The van der Waals surface area contributed by atoms with Crippen molar-refractivity contribution in [2.45, 2.75) is 19.3 Å². The molecule has 0 aliphatic carbocycles. The van der Waals surface area contributed by atoms with Gasteiger partial charge in [0.15, 0.2) is 18.8 Å². The zero-order chi connectivity index (χ0) is 15.8. The lowest BCUT2D eigenvalue weighted by Crippen LogP contribution is -2.39. The summed E-state index contributed by atoms with van der Waals surface area (Å²) < 4.78 is 8.44. The first-order valence-corrected chi connectivity index (χ1v) is 9.17. The van der Waals surface area contributed by atoms with Crippen LogP contribution in [0, 0.1) is 0 Å². The molecule has 10 heteroatoms. The maximum Gasteiger partial charge on any atom is 0.223 e. The zero-order valence-electron chi connectivity index (χ0n) is 9.56. The fourth-order valence-electron chi connectivity index (χ4n) is 1.51. The van der Waals surface area contributed by atoms with E-state index in [4.69, 9.17) is 69.6 Å². The summed E-state index contributed by atoms with van der Waals surface area (Å²) >= 11 is 33.5. The normalized spacial score (nSPS) is 19.2. The minimum Gasteiger partial charge on any atom is -0.380 e. The predicted octanol–water partition coefficient (Wildman–Crippen LogP) is 4.05. The Bertz CT molecular complexity index is 474. The Morgan fingerprint density at radius 2 is 1.20 bits per heavy atom. The van der Waals surface area contributed by atoms with Crippen LogP contribution in [0.25, 0.3) is 0 Å². The van der Waals surface area contributed by atoms with Crippen LogP contribution in [0.1, 0.15) is 0 Å². The Morgan fingerprint density at radius 3 is 1.50 bits per heavy atom. The SMILES string of the molecule is O=P(c1ccccc1)(C(O)C(Cl)(Cl)Cl)C(O)C(Cl)(Cl)Cl. The molecule has 0 heterocycles. The highest BCUT2D eigenvalue weighted by molar-refractivity contribution is 7.73. The summed E-state index contributed by atoms with van der Waals surface area (Å²) in [6.07, 6.45) is 0. The van der Waals surface area contributed by atoms with E-state index in [9.17, 15) is 14.8 Å². The molecule has 2 atom stereocenters. The first-order valence-electron chi connectivity index (χ1n) is 5.06. The van der Waals surface area contributed by atoms with Crippen molar-refractivity contribution in [3.63, 3.8) is 0 Å². The van der Waals surface area contributed by atoms with Gasteiger partial charge < -0.3 is 14.8 Å². The molecular formula is C10H9Cl6O3P. The standard InChI is InChI=1S/C10H9Cl6O3P/c11-9(12,13)7(17)20(19,8(18)10(14,15)16)6-4-2-1-3-5-6/h1-5,7-8,17-18H. The second kappa shape index (κ2) is 6.70. The fourth-order valence-corrected chi connectivity index (χ4v) is 6.46. The Balaban J connectivity index is 3.47. The van der Waals surface area contributed by atoms with Gasteiger partial charge in [-0.2, -0.15) is 0 Å². The van der Waals surface area contributed by atoms with Gasteiger partial charge in [0.1, 0.15) is 0 Å². The largest absolute Gasteiger partial charge is 0.380 e. The molecular weight excluding hydrogens is 412 g/mol. The third-order valence-electron chi connectivity index (χ3n) is 2.47. The van der Waals surface area contributed by atoms with Crippen LogP contribution in [0.3, 0.4) is 0 Å². The van der Waals surface area contributed by atoms with Gasteiger partial charge in [-0.05, 0) is 0 Å². The van der Waals surface area contributed by atoms with Crippen molar-refractivity contribution in [3.8, 4) is 0 Å². The van der Waals surface area contributed by atoms with E-state index in [1.807, 2.05) is 0 Å². The Labute approximate surface area is 146 Å². The average Bonchev–Trinajstić information content (AvgIpc) is 2.35. The molecule has 3 nitrogen and oxygen atoms in total. The maximum absolute atomic E-state index is 13.1. The lowest BCUT2D eigenvalue weighted by Gasteiger charge is -2.34. The van der Waals surface area contributed by atoms with Crippen LogP contribution in [-0.4, -0.2) is 29.5 Å². The van der Waals surface area contributed by atoms with Crippen LogP contribution >= 0.6 is 76.7 Å². The molecule has 1 aromatic rings. The monoisotopic (exact) mass is 418 g/mol. The lowest BCUT2D eigenvalue weighted by atomic mass is 10.4. The predicted molar refractivity (Wildman–Crippen MR) is 86.3 cm³/mol. The summed E-state index contributed by atoms with van der Waals surface area (Å²) in [5, 5.41) is 20.2. The molecule has 0 fully saturated rings. The van der Waals surface area contributed by atoms with E-state index in [-0.39, 0.29) is 5.30 Å². The number of aliphatic hydroxyl groups excluding tert-OH is 2. The summed E-state index contributed by atoms with van der Waals surface area (Å²) in [5.74, 6) is -4.10. The van der Waals surface area contributed by atoms with E-state index in [1.165, 1.54) is 24.3 Å². The summed E-state index contributed by atoms with van der Waals surface area (Å²) in [6, 6.07) is 7.44. The molecule has 0 aromatic heterocycles. The van der Waals surface area contributed by atoms with Crippen molar-refractivity contribution in [2.24, 2.45) is 0 Å². The summed E-state index contributed by atoms with van der Waals surface area (Å²) in [4.78, 5) is 0. The Morgan fingerprint density at radius 1 is 0.850 bits per heavy atom. The zero-order valence-corrected chi connectivity index (χ0v) is 15.0. The molecule has 1 aromatic carbocycles. The molecule has 0 aliphatic rings. The second-order valence-corrected chi connectivity index (χ2v) is 11.5. The van der Waals surface area contributed by atoms with Crippen molar-refractivity contribution in [1.82, 2.24) is 0 Å². The first-order chi connectivity index (χ1) is 8.91. The van der Waals surface area contributed by atoms with Crippen molar-refractivity contribution in [1.29, 1.82) is 0 Å². The second-order valence-electron chi connectivity index (χ2n) is 3.88. The van der Waals surface area contributed by atoms with Gasteiger partial charge in [0.25, 0.3) is 0 Å². The molecule has 0 bridgehead atoms. The lowest BCUT2D eigenvalue weighted by molar-refractivity contribution is 0.214. The van der Waals surface area contributed by atoms with Gasteiger partial charge in [0.05, 0.1) is 0 Å². The number of aliphatic hydroxyl groups is 2. The topological polar surface area (TPSA) is 57.5 Å². The highest BCUT2D eigenvalue weighted by atomic mass is 35.6. The van der Waals surface area contributed by atoms with Gasteiger partial charge >= 0.3 is 0 Å². The number of benzene rings is 1. The van der Waals surface area contributed by atoms with Gasteiger partial charge in [-0.15, -0.1) is 0 Å². The molecule has 1 rings (SSSR count). The van der Waals surface area contributed by atoms with Gasteiger partial charge in [-0.25, -0.2) is 0 Å². The van der Waals surface area contributed by atoms with Crippen molar-refractivity contribution in [2.75, 3.05) is 0 Å². The van der Waals surface area contributed by atoms with E-state index < -0.39 is 26.4 Å². The van der Waals surface area contributed by atoms with E-state index in [0.717, 1.165) is 0 Å². The van der Waals surface area contributed by atoms with Gasteiger partial charge in [-0.1, -0.05) is 99.9 Å². The smallest absolute Gasteiger partial charge is 0.223 e. The van der Waals surface area contributed by atoms with Gasteiger partial charge in [0, 0.05) is 5.30 Å². The van der Waals surface area contributed by atoms with Crippen molar-refractivity contribution >= 4 is 82.1 Å². The van der Waals surface area contributed by atoms with Crippen LogP contribution < -0.4 is 5.30 Å². The van der Waals surface area contributed by atoms with Crippen LogP contribution in [0.4, 0.5) is 0 Å². The number of alkyl halides is 6. The molecule has 2 unspecified atom stereocenters. The van der Waals surface area contributed by atoms with E-state index >= 15 is 0 Å². The molecule has 0 amide bonds. The van der Waals surface area contributed by atoms with E-state index in [0.29, 0.717) is 0 Å². The van der Waals surface area contributed by atoms with E-state index in [2.05, 4.69) is 0 Å². The number of hydrogen-bond acceptors (Lipinski definition) is 3. The maximum atomic E-state index is 13.1. The minimum absolute atomic E-state index is 0.0256. The average molecular weight is 421 g/mol. The minimum atomic E-state index is -4.18. The van der Waals surface area contributed by atoms with Crippen LogP contribution in [0.2, 0.25) is 0 Å². The van der Waals surface area contributed by atoms with E-state index in [1.54, 1.807) is 6.07 Å². The fraction of sp³-hybridized carbons (Fsp3) is 0.400. The molecule has 0 aliphatic heterocycles. The summed E-state index contributed by atoms with van der Waals surface area (Å²) in [6.45, 7) is 0. The third kappa shape index (κ3) is 4.10. The van der Waals surface area contributed by atoms with Crippen LogP contribution in [-0.2, 0) is 4.57 Å². The summed E-state index contributed by atoms with van der Waals surface area (Å²) in [5.41, 5.74) is 0. The number of hydrogen-bond donors (Lipinski definition) is 2. The molecule has 0 spiro atoms. The van der Waals surface area contributed by atoms with Crippen molar-refractivity contribution < 1.29 is 14.8 Å². The molecule has 0 radical (unpaired) electrons. The molecule has 20 heavy (non-hydrogen) atoms. The highest BCUT2D eigenvalue weighted by Gasteiger charge is 2.55. The summed E-state index contributed by atoms with van der Waals surface area (Å²) in [7, 11) is -4.18. The van der Waals surface area contributed by atoms with Crippen LogP contribution in [0.5, 0.6) is 0 Å². The molecule has 0 saturated carbocycles. The quantitative estimate of drug-likeness (QED) is 0.573. The number of rotatable bonds is 3.